The Hall–Kier alpha value is -1.43. The quantitative estimate of drug-likeness (QED) is 0.849. The summed E-state index contributed by atoms with van der Waals surface area (Å²) in [6.07, 6.45) is 1.37. The van der Waals surface area contributed by atoms with Crippen LogP contribution in [0.2, 0.25) is 0 Å². The van der Waals surface area contributed by atoms with E-state index in [1.165, 1.54) is 0 Å². The number of hydrogen-bond donors (Lipinski definition) is 1. The van der Waals surface area contributed by atoms with Gasteiger partial charge in [0.05, 0.1) is 12.5 Å². The van der Waals surface area contributed by atoms with E-state index in [4.69, 9.17) is 9.52 Å². The third kappa shape index (κ3) is 2.82. The zero-order valence-corrected chi connectivity index (χ0v) is 10.1. The topological polar surface area (TPSA) is 79.5 Å². The van der Waals surface area contributed by atoms with Gasteiger partial charge in [-0.2, -0.15) is 0 Å². The lowest BCUT2D eigenvalue weighted by molar-refractivity contribution is -0.144. The van der Waals surface area contributed by atoms with Crippen LogP contribution in [0.1, 0.15) is 31.5 Å². The van der Waals surface area contributed by atoms with Crippen molar-refractivity contribution in [1.82, 2.24) is 15.1 Å². The zero-order valence-electron chi connectivity index (χ0n) is 10.1. The fraction of sp³-hybridized carbons (Fsp3) is 0.727. The van der Waals surface area contributed by atoms with Crippen molar-refractivity contribution in [3.8, 4) is 0 Å². The summed E-state index contributed by atoms with van der Waals surface area (Å²) in [6, 6.07) is 0.233. The number of carboxylic acid groups (broad SMARTS) is 1. The molecule has 0 aliphatic carbocycles. The Kier molecular flexibility index (Phi) is 3.42. The lowest BCUT2D eigenvalue weighted by atomic mass is 9.92. The van der Waals surface area contributed by atoms with Crippen molar-refractivity contribution < 1.29 is 14.3 Å². The van der Waals surface area contributed by atoms with E-state index >= 15 is 0 Å². The summed E-state index contributed by atoms with van der Waals surface area (Å²) in [5, 5.41) is 16.7. The molecule has 0 amide bonds. The number of carbonyl (C=O) groups is 1. The van der Waals surface area contributed by atoms with Gasteiger partial charge in [0.1, 0.15) is 0 Å². The number of carboxylic acids is 1. The standard InChI is InChI=1S/C11H17N3O3/c1-7-5-9(11(15)16)3-4-14(7)6-10-13-12-8(2)17-10/h7,9H,3-6H2,1-2H3,(H,15,16). The second kappa shape index (κ2) is 4.83. The summed E-state index contributed by atoms with van der Waals surface area (Å²) in [5.74, 6) is 0.256. The summed E-state index contributed by atoms with van der Waals surface area (Å²) in [5.41, 5.74) is 0. The predicted molar refractivity (Wildman–Crippen MR) is 59.3 cm³/mol. The molecule has 1 aliphatic heterocycles. The maximum absolute atomic E-state index is 10.9. The molecule has 2 rings (SSSR count). The highest BCUT2D eigenvalue weighted by Crippen LogP contribution is 2.24. The van der Waals surface area contributed by atoms with Crippen molar-refractivity contribution in [2.75, 3.05) is 6.54 Å². The minimum absolute atomic E-state index is 0.217. The van der Waals surface area contributed by atoms with Crippen LogP contribution in [0.15, 0.2) is 4.42 Å². The Balaban J connectivity index is 1.93. The van der Waals surface area contributed by atoms with E-state index in [9.17, 15) is 4.79 Å². The molecule has 6 nitrogen and oxygen atoms in total. The van der Waals surface area contributed by atoms with Crippen LogP contribution in [0.3, 0.4) is 0 Å². The van der Waals surface area contributed by atoms with Crippen molar-refractivity contribution in [3.63, 3.8) is 0 Å². The number of aliphatic carboxylic acids is 1. The van der Waals surface area contributed by atoms with Gasteiger partial charge < -0.3 is 9.52 Å². The fourth-order valence-corrected chi connectivity index (χ4v) is 2.26. The van der Waals surface area contributed by atoms with E-state index in [1.54, 1.807) is 6.92 Å². The SMILES string of the molecule is Cc1nnc(CN2CCC(C(=O)O)CC2C)o1. The monoisotopic (exact) mass is 239 g/mol. The Bertz CT molecular complexity index is 404. The molecule has 6 heteroatoms. The molecule has 1 saturated heterocycles. The van der Waals surface area contributed by atoms with Gasteiger partial charge in [-0.3, -0.25) is 9.69 Å². The number of rotatable bonds is 3. The first-order valence-corrected chi connectivity index (χ1v) is 5.82. The maximum Gasteiger partial charge on any atom is 0.306 e. The molecule has 0 bridgehead atoms. The Labute approximate surface area is 99.6 Å². The summed E-state index contributed by atoms with van der Waals surface area (Å²) in [7, 11) is 0. The van der Waals surface area contributed by atoms with Crippen LogP contribution >= 0.6 is 0 Å². The van der Waals surface area contributed by atoms with E-state index in [2.05, 4.69) is 15.1 Å². The van der Waals surface area contributed by atoms with Crippen LogP contribution in [-0.2, 0) is 11.3 Å². The number of likely N-dealkylation sites (tertiary alicyclic amines) is 1. The number of aromatic nitrogens is 2. The molecule has 2 unspecified atom stereocenters. The fourth-order valence-electron chi connectivity index (χ4n) is 2.26. The highest BCUT2D eigenvalue weighted by atomic mass is 16.4. The molecular formula is C11H17N3O3. The van der Waals surface area contributed by atoms with Gasteiger partial charge in [0.2, 0.25) is 11.8 Å². The average molecular weight is 239 g/mol. The van der Waals surface area contributed by atoms with Crippen molar-refractivity contribution in [2.24, 2.45) is 5.92 Å². The summed E-state index contributed by atoms with van der Waals surface area (Å²) in [6.45, 7) is 5.17. The van der Waals surface area contributed by atoms with E-state index in [0.29, 0.717) is 31.2 Å². The first kappa shape index (κ1) is 12.0. The number of nitrogens with zero attached hydrogens (tertiary/aromatic N) is 3. The lowest BCUT2D eigenvalue weighted by Gasteiger charge is -2.35. The number of piperidine rings is 1. The van der Waals surface area contributed by atoms with Crippen LogP contribution in [0.5, 0.6) is 0 Å². The molecule has 0 aromatic carbocycles. The molecule has 94 valence electrons. The molecule has 0 saturated carbocycles. The van der Waals surface area contributed by atoms with Gasteiger partial charge in [-0.25, -0.2) is 0 Å². The minimum Gasteiger partial charge on any atom is -0.481 e. The van der Waals surface area contributed by atoms with E-state index in [-0.39, 0.29) is 12.0 Å². The van der Waals surface area contributed by atoms with Gasteiger partial charge in [0, 0.05) is 13.0 Å². The molecule has 0 radical (unpaired) electrons. The Morgan fingerprint density at radius 2 is 2.35 bits per heavy atom. The molecule has 1 N–H and O–H groups in total. The molecule has 1 aromatic rings. The average Bonchev–Trinajstić information content (AvgIpc) is 2.67. The van der Waals surface area contributed by atoms with Gasteiger partial charge in [-0.15, -0.1) is 10.2 Å². The Morgan fingerprint density at radius 1 is 1.59 bits per heavy atom. The van der Waals surface area contributed by atoms with Crippen LogP contribution in [0, 0.1) is 12.8 Å². The first-order chi connectivity index (χ1) is 8.06. The third-order valence-corrected chi connectivity index (χ3v) is 3.27. The number of hydrogen-bond acceptors (Lipinski definition) is 5. The van der Waals surface area contributed by atoms with E-state index < -0.39 is 5.97 Å². The predicted octanol–water partition coefficient (Wildman–Crippen LogP) is 1.06. The molecule has 0 spiro atoms. The third-order valence-electron chi connectivity index (χ3n) is 3.27. The molecular weight excluding hydrogens is 222 g/mol. The maximum atomic E-state index is 10.9. The number of aryl methyl sites for hydroxylation is 1. The van der Waals surface area contributed by atoms with Crippen molar-refractivity contribution in [3.05, 3.63) is 11.8 Å². The van der Waals surface area contributed by atoms with Crippen molar-refractivity contribution in [2.45, 2.75) is 39.3 Å². The first-order valence-electron chi connectivity index (χ1n) is 5.82. The van der Waals surface area contributed by atoms with Gasteiger partial charge in [0.15, 0.2) is 0 Å². The smallest absolute Gasteiger partial charge is 0.306 e. The zero-order chi connectivity index (χ0) is 12.4. The van der Waals surface area contributed by atoms with E-state index in [0.717, 1.165) is 6.54 Å². The highest BCUT2D eigenvalue weighted by molar-refractivity contribution is 5.70. The minimum atomic E-state index is -0.690. The summed E-state index contributed by atoms with van der Waals surface area (Å²) < 4.78 is 5.33. The van der Waals surface area contributed by atoms with Crippen LogP contribution in [-0.4, -0.2) is 38.8 Å². The second-order valence-corrected chi connectivity index (χ2v) is 4.59. The van der Waals surface area contributed by atoms with Gasteiger partial charge in [-0.05, 0) is 26.3 Å². The lowest BCUT2D eigenvalue weighted by Crippen LogP contribution is -2.42. The summed E-state index contributed by atoms with van der Waals surface area (Å²) >= 11 is 0. The van der Waals surface area contributed by atoms with E-state index in [1.807, 2.05) is 6.92 Å². The largest absolute Gasteiger partial charge is 0.481 e. The van der Waals surface area contributed by atoms with Crippen molar-refractivity contribution in [1.29, 1.82) is 0 Å². The van der Waals surface area contributed by atoms with Gasteiger partial charge >= 0.3 is 5.97 Å². The Morgan fingerprint density at radius 3 is 2.88 bits per heavy atom. The summed E-state index contributed by atoms with van der Waals surface area (Å²) in [4.78, 5) is 13.1. The van der Waals surface area contributed by atoms with Crippen LogP contribution in [0.4, 0.5) is 0 Å². The molecule has 2 heterocycles. The van der Waals surface area contributed by atoms with Crippen LogP contribution < -0.4 is 0 Å². The second-order valence-electron chi connectivity index (χ2n) is 4.59. The van der Waals surface area contributed by atoms with Crippen LogP contribution in [0.25, 0.3) is 0 Å². The highest BCUT2D eigenvalue weighted by Gasteiger charge is 2.30. The molecule has 1 fully saturated rings. The molecule has 17 heavy (non-hydrogen) atoms. The molecule has 2 atom stereocenters. The van der Waals surface area contributed by atoms with Gasteiger partial charge in [-0.1, -0.05) is 0 Å². The van der Waals surface area contributed by atoms with Crippen molar-refractivity contribution >= 4 is 5.97 Å². The molecule has 1 aromatic heterocycles. The normalized spacial score (nSPS) is 26.0. The van der Waals surface area contributed by atoms with Gasteiger partial charge in [0.25, 0.3) is 0 Å². The molecule has 1 aliphatic rings.